The van der Waals surface area contributed by atoms with Gasteiger partial charge in [0.15, 0.2) is 0 Å². The van der Waals surface area contributed by atoms with E-state index in [4.69, 9.17) is 11.6 Å². The van der Waals surface area contributed by atoms with Crippen LogP contribution in [0.5, 0.6) is 0 Å². The molecular formula is C10H10BrClN2O3S2. The van der Waals surface area contributed by atoms with E-state index in [9.17, 15) is 13.2 Å². The van der Waals surface area contributed by atoms with Gasteiger partial charge in [-0.2, -0.15) is 4.31 Å². The lowest BCUT2D eigenvalue weighted by molar-refractivity contribution is -0.126. The fourth-order valence-electron chi connectivity index (χ4n) is 2.56. The Labute approximate surface area is 128 Å². The minimum Gasteiger partial charge on any atom is -0.353 e. The first-order valence-corrected chi connectivity index (χ1v) is 9.10. The number of nitrogens with one attached hydrogen (secondary N) is 1. The third-order valence-corrected chi connectivity index (χ3v) is 8.29. The maximum absolute atomic E-state index is 12.6. The maximum Gasteiger partial charge on any atom is 0.253 e. The number of halogens is 2. The molecule has 0 radical (unpaired) electrons. The monoisotopic (exact) mass is 384 g/mol. The molecule has 0 aromatic carbocycles. The Hall–Kier alpha value is -0.150. The summed E-state index contributed by atoms with van der Waals surface area (Å²) in [5, 5.41) is 2.74. The predicted octanol–water partition coefficient (Wildman–Crippen LogP) is 1.82. The van der Waals surface area contributed by atoms with E-state index >= 15 is 0 Å². The molecule has 2 fully saturated rings. The molecule has 0 spiro atoms. The van der Waals surface area contributed by atoms with Gasteiger partial charge in [-0.15, -0.1) is 11.3 Å². The van der Waals surface area contributed by atoms with Crippen LogP contribution in [-0.2, 0) is 14.8 Å². The summed E-state index contributed by atoms with van der Waals surface area (Å²) in [4.78, 5) is 11.8. The van der Waals surface area contributed by atoms with E-state index in [2.05, 4.69) is 21.2 Å². The molecule has 1 aromatic rings. The van der Waals surface area contributed by atoms with Crippen molar-refractivity contribution in [2.45, 2.75) is 29.1 Å². The third-order valence-electron chi connectivity index (χ3n) is 3.41. The lowest BCUT2D eigenvalue weighted by atomic mass is 10.2. The number of carbonyl (C=O) groups is 1. The second kappa shape index (κ2) is 4.70. The quantitative estimate of drug-likeness (QED) is 0.844. The highest BCUT2D eigenvalue weighted by atomic mass is 79.9. The van der Waals surface area contributed by atoms with Crippen LogP contribution in [0.15, 0.2) is 14.7 Å². The predicted molar refractivity (Wildman–Crippen MR) is 75.9 cm³/mol. The lowest BCUT2D eigenvalue weighted by Crippen LogP contribution is -2.57. The zero-order chi connectivity index (χ0) is 13.8. The summed E-state index contributed by atoms with van der Waals surface area (Å²) in [7, 11) is -3.66. The van der Waals surface area contributed by atoms with Crippen molar-refractivity contribution < 1.29 is 13.2 Å². The second-order valence-electron chi connectivity index (χ2n) is 4.51. The number of thiophene rings is 1. The molecule has 1 amide bonds. The van der Waals surface area contributed by atoms with Crippen LogP contribution in [0.2, 0.25) is 4.34 Å². The standard InChI is InChI=1S/C10H10BrClN2O3S2/c11-6-3-8(18-9(6)12)19(16,17)14-5-1-2-7(14)10(15)13-4-5/h3,5,7H,1-2,4H2,(H,13,15). The molecule has 0 saturated carbocycles. The number of fused-ring (bicyclic) bond motifs is 2. The Morgan fingerprint density at radius 1 is 1.47 bits per heavy atom. The van der Waals surface area contributed by atoms with Crippen molar-refractivity contribution >= 4 is 54.8 Å². The summed E-state index contributed by atoms with van der Waals surface area (Å²) >= 11 is 10.1. The van der Waals surface area contributed by atoms with Crippen LogP contribution in [0.3, 0.4) is 0 Å². The van der Waals surface area contributed by atoms with Crippen LogP contribution in [0.1, 0.15) is 12.8 Å². The molecule has 1 aromatic heterocycles. The molecule has 2 bridgehead atoms. The van der Waals surface area contributed by atoms with Crippen molar-refractivity contribution in [2.75, 3.05) is 6.54 Å². The van der Waals surface area contributed by atoms with Gasteiger partial charge in [-0.05, 0) is 34.8 Å². The van der Waals surface area contributed by atoms with Gasteiger partial charge in [0, 0.05) is 17.1 Å². The van der Waals surface area contributed by atoms with Crippen molar-refractivity contribution in [3.8, 4) is 0 Å². The summed E-state index contributed by atoms with van der Waals surface area (Å²) in [6, 6.07) is 0.768. The molecule has 2 unspecified atom stereocenters. The number of rotatable bonds is 2. The first kappa shape index (κ1) is 13.8. The molecule has 104 valence electrons. The van der Waals surface area contributed by atoms with Crippen molar-refractivity contribution in [3.05, 3.63) is 14.9 Å². The topological polar surface area (TPSA) is 66.5 Å². The molecular weight excluding hydrogens is 376 g/mol. The van der Waals surface area contributed by atoms with Gasteiger partial charge in [0.25, 0.3) is 10.0 Å². The van der Waals surface area contributed by atoms with Crippen LogP contribution >= 0.6 is 38.9 Å². The smallest absolute Gasteiger partial charge is 0.253 e. The molecule has 5 nitrogen and oxygen atoms in total. The van der Waals surface area contributed by atoms with E-state index in [0.29, 0.717) is 28.2 Å². The van der Waals surface area contributed by atoms with E-state index in [0.717, 1.165) is 11.3 Å². The normalized spacial score (nSPS) is 27.6. The molecule has 19 heavy (non-hydrogen) atoms. The van der Waals surface area contributed by atoms with Crippen molar-refractivity contribution in [1.29, 1.82) is 0 Å². The maximum atomic E-state index is 12.6. The van der Waals surface area contributed by atoms with Gasteiger partial charge in [0.2, 0.25) is 5.91 Å². The summed E-state index contributed by atoms with van der Waals surface area (Å²) < 4.78 is 27.8. The summed E-state index contributed by atoms with van der Waals surface area (Å²) in [5.74, 6) is -0.209. The van der Waals surface area contributed by atoms with Gasteiger partial charge in [0.05, 0.1) is 0 Å². The van der Waals surface area contributed by atoms with Gasteiger partial charge in [-0.1, -0.05) is 11.6 Å². The van der Waals surface area contributed by atoms with Crippen molar-refractivity contribution in [1.82, 2.24) is 9.62 Å². The number of amides is 1. The molecule has 9 heteroatoms. The Kier molecular flexibility index (Phi) is 3.41. The average molecular weight is 386 g/mol. The molecule has 1 N–H and O–H groups in total. The van der Waals surface area contributed by atoms with Crippen LogP contribution in [0, 0.1) is 0 Å². The first-order valence-electron chi connectivity index (χ1n) is 5.67. The van der Waals surface area contributed by atoms with Crippen LogP contribution in [0.4, 0.5) is 0 Å². The molecule has 3 heterocycles. The first-order chi connectivity index (χ1) is 8.91. The van der Waals surface area contributed by atoms with Crippen molar-refractivity contribution in [2.24, 2.45) is 0 Å². The van der Waals surface area contributed by atoms with E-state index in [1.807, 2.05) is 0 Å². The largest absolute Gasteiger partial charge is 0.353 e. The zero-order valence-corrected chi connectivity index (χ0v) is 13.6. The second-order valence-corrected chi connectivity index (χ2v) is 9.09. The van der Waals surface area contributed by atoms with E-state index in [1.165, 1.54) is 10.4 Å². The summed E-state index contributed by atoms with van der Waals surface area (Å²) in [6.07, 6.45) is 1.29. The SMILES string of the molecule is O=C1NCC2CCC1N2S(=O)(=O)c1cc(Br)c(Cl)s1. The highest BCUT2D eigenvalue weighted by Crippen LogP contribution is 2.39. The molecule has 2 aliphatic heterocycles. The Morgan fingerprint density at radius 2 is 2.21 bits per heavy atom. The third kappa shape index (κ3) is 2.13. The van der Waals surface area contributed by atoms with Crippen molar-refractivity contribution in [3.63, 3.8) is 0 Å². The zero-order valence-electron chi connectivity index (χ0n) is 9.60. The highest BCUT2D eigenvalue weighted by Gasteiger charge is 2.49. The Balaban J connectivity index is 2.03. The van der Waals surface area contributed by atoms with Gasteiger partial charge in [-0.3, -0.25) is 4.79 Å². The number of hydrogen-bond donors (Lipinski definition) is 1. The number of piperazine rings is 1. The fraction of sp³-hybridized carbons (Fsp3) is 0.500. The molecule has 0 aliphatic carbocycles. The van der Waals surface area contributed by atoms with Gasteiger partial charge >= 0.3 is 0 Å². The van der Waals surface area contributed by atoms with Crippen LogP contribution in [0.25, 0.3) is 0 Å². The van der Waals surface area contributed by atoms with Crippen LogP contribution in [-0.4, -0.2) is 37.3 Å². The molecule has 2 aliphatic rings. The van der Waals surface area contributed by atoms with E-state index < -0.39 is 16.1 Å². The number of nitrogens with zero attached hydrogens (tertiary/aromatic N) is 1. The van der Waals surface area contributed by atoms with E-state index in [-0.39, 0.29) is 16.2 Å². The molecule has 3 rings (SSSR count). The Morgan fingerprint density at radius 3 is 2.84 bits per heavy atom. The molecule has 2 saturated heterocycles. The molecule has 2 atom stereocenters. The Bertz CT molecular complexity index is 626. The summed E-state index contributed by atoms with van der Waals surface area (Å²) in [6.45, 7) is 0.384. The average Bonchev–Trinajstić information content (AvgIpc) is 2.87. The fourth-order valence-corrected chi connectivity index (χ4v) is 6.79. The minimum absolute atomic E-state index is 0.146. The number of sulfonamides is 1. The van der Waals surface area contributed by atoms with Crippen LogP contribution < -0.4 is 5.32 Å². The number of carbonyl (C=O) groups excluding carboxylic acids is 1. The minimum atomic E-state index is -3.66. The van der Waals surface area contributed by atoms with Gasteiger partial charge in [-0.25, -0.2) is 8.42 Å². The number of hydrogen-bond acceptors (Lipinski definition) is 4. The van der Waals surface area contributed by atoms with E-state index in [1.54, 1.807) is 0 Å². The van der Waals surface area contributed by atoms with Gasteiger partial charge < -0.3 is 5.32 Å². The summed E-state index contributed by atoms with van der Waals surface area (Å²) in [5.41, 5.74) is 0. The highest BCUT2D eigenvalue weighted by molar-refractivity contribution is 9.10. The lowest BCUT2D eigenvalue weighted by Gasteiger charge is -2.32. The van der Waals surface area contributed by atoms with Gasteiger partial charge in [0.1, 0.15) is 14.6 Å².